The van der Waals surface area contributed by atoms with Crippen molar-refractivity contribution in [1.82, 2.24) is 20.5 Å². The second kappa shape index (κ2) is 20.7. The molecule has 2 N–H and O–H groups in total. The molecule has 0 bridgehead atoms. The van der Waals surface area contributed by atoms with Gasteiger partial charge in [-0.2, -0.15) is 0 Å². The summed E-state index contributed by atoms with van der Waals surface area (Å²) in [5.41, 5.74) is 0.394. The van der Waals surface area contributed by atoms with E-state index in [4.69, 9.17) is 14.2 Å². The maximum Gasteiger partial charge on any atom is 0.408 e. The van der Waals surface area contributed by atoms with Crippen LogP contribution in [0, 0.1) is 17.8 Å². The highest BCUT2D eigenvalue weighted by Gasteiger charge is 2.36. The van der Waals surface area contributed by atoms with E-state index in [0.29, 0.717) is 24.3 Å². The van der Waals surface area contributed by atoms with E-state index in [0.717, 1.165) is 5.56 Å². The van der Waals surface area contributed by atoms with E-state index in [2.05, 4.69) is 22.2 Å². The molecular weight excluding hydrogens is 685 g/mol. The molecule has 0 aliphatic heterocycles. The molecule has 0 unspecified atom stereocenters. The first kappa shape index (κ1) is 43.9. The average molecular weight is 743 g/mol. The van der Waals surface area contributed by atoms with Crippen LogP contribution < -0.4 is 10.6 Å². The van der Waals surface area contributed by atoms with Crippen molar-refractivity contribution >= 4 is 41.2 Å². The van der Waals surface area contributed by atoms with Crippen molar-refractivity contribution in [3.63, 3.8) is 0 Å². The minimum Gasteiger partial charge on any atom is -0.461 e. The SMILES string of the molecule is C=CCOC(=O)[C@@H](C)C[C@H](Cc1ccccc1)NC(=O)c1csc([C@@H](C[C@H](C(C)C)N(C)C(=O)[C@@H](NC(=O)OC(C)(C)C)[C@@H](C)CC)OC(C)=O)n1. The van der Waals surface area contributed by atoms with Crippen LogP contribution in [0.3, 0.4) is 0 Å². The van der Waals surface area contributed by atoms with Gasteiger partial charge in [0.1, 0.15) is 29.0 Å². The van der Waals surface area contributed by atoms with E-state index in [1.807, 2.05) is 58.0 Å². The number of alkyl carbamates (subject to hydrolysis) is 1. The number of benzene rings is 1. The molecule has 0 saturated heterocycles. The third-order valence-electron chi connectivity index (χ3n) is 8.60. The molecule has 0 saturated carbocycles. The quantitative estimate of drug-likeness (QED) is 0.0915. The van der Waals surface area contributed by atoms with E-state index in [-0.39, 0.29) is 42.4 Å². The second-order valence-electron chi connectivity index (χ2n) is 14.6. The fraction of sp³-hybridized carbons (Fsp3) is 0.590. The minimum absolute atomic E-state index is 0.0762. The first-order chi connectivity index (χ1) is 24.4. The number of nitrogens with zero attached hydrogens (tertiary/aromatic N) is 2. The third kappa shape index (κ3) is 14.4. The Morgan fingerprint density at radius 2 is 1.67 bits per heavy atom. The number of ether oxygens (including phenoxy) is 3. The summed E-state index contributed by atoms with van der Waals surface area (Å²) in [6.45, 7) is 19.8. The highest BCUT2D eigenvalue weighted by molar-refractivity contribution is 7.09. The van der Waals surface area contributed by atoms with E-state index in [1.54, 1.807) is 45.0 Å². The number of hydrogen-bond donors (Lipinski definition) is 2. The summed E-state index contributed by atoms with van der Waals surface area (Å²) in [5, 5.41) is 7.81. The summed E-state index contributed by atoms with van der Waals surface area (Å²) in [6.07, 6.45) is 1.62. The van der Waals surface area contributed by atoms with Crippen LogP contribution >= 0.6 is 11.3 Å². The fourth-order valence-electron chi connectivity index (χ4n) is 5.69. The van der Waals surface area contributed by atoms with Crippen molar-refractivity contribution in [2.24, 2.45) is 17.8 Å². The average Bonchev–Trinajstić information content (AvgIpc) is 3.57. The summed E-state index contributed by atoms with van der Waals surface area (Å²) < 4.78 is 16.4. The predicted molar refractivity (Wildman–Crippen MR) is 202 cm³/mol. The molecule has 3 amide bonds. The zero-order valence-corrected chi connectivity index (χ0v) is 33.2. The topological polar surface area (TPSA) is 153 Å². The Balaban J connectivity index is 2.32. The number of aromatic nitrogens is 1. The smallest absolute Gasteiger partial charge is 0.408 e. The second-order valence-corrected chi connectivity index (χ2v) is 15.5. The number of likely N-dealkylation sites (N-methyl/N-ethyl adjacent to an activating group) is 1. The summed E-state index contributed by atoms with van der Waals surface area (Å²) >= 11 is 1.18. The lowest BCUT2D eigenvalue weighted by molar-refractivity contribution is -0.149. The zero-order valence-electron chi connectivity index (χ0n) is 32.4. The van der Waals surface area contributed by atoms with Crippen LogP contribution in [-0.4, -0.2) is 77.1 Å². The van der Waals surface area contributed by atoms with E-state index >= 15 is 0 Å². The molecule has 0 aliphatic rings. The van der Waals surface area contributed by atoms with Crippen molar-refractivity contribution in [3.8, 4) is 0 Å². The van der Waals surface area contributed by atoms with Gasteiger partial charge in [-0.1, -0.05) is 84.0 Å². The van der Waals surface area contributed by atoms with Gasteiger partial charge >= 0.3 is 18.0 Å². The monoisotopic (exact) mass is 742 g/mol. The van der Waals surface area contributed by atoms with Crippen molar-refractivity contribution in [1.29, 1.82) is 0 Å². The Kier molecular flexibility index (Phi) is 17.5. The molecule has 2 rings (SSSR count). The summed E-state index contributed by atoms with van der Waals surface area (Å²) in [5.74, 6) is -2.40. The van der Waals surface area contributed by atoms with Crippen LogP contribution in [0.2, 0.25) is 0 Å². The number of esters is 2. The lowest BCUT2D eigenvalue weighted by Gasteiger charge is -2.37. The van der Waals surface area contributed by atoms with Crippen LogP contribution in [0.4, 0.5) is 4.79 Å². The molecule has 1 aromatic heterocycles. The molecule has 2 aromatic rings. The maximum atomic E-state index is 14.0. The Bertz CT molecular complexity index is 1490. The standard InChI is InChI=1S/C39H58N4O8S/c1-12-19-49-37(47)26(6)20-29(21-28-17-15-14-16-18-28)40-34(45)30-23-52-35(41-30)32(50-27(7)44)22-31(24(3)4)43(11)36(46)33(25(5)13-2)42-38(48)51-39(8,9)10/h12,14-18,23-26,29,31-33H,1,13,19-22H2,2-11H3,(H,40,45)(H,42,48)/t25-,26-,29+,31+,32+,33-/m0/s1. The van der Waals surface area contributed by atoms with Crippen LogP contribution in [0.1, 0.15) is 109 Å². The van der Waals surface area contributed by atoms with Gasteiger partial charge in [-0.15, -0.1) is 11.3 Å². The van der Waals surface area contributed by atoms with Crippen molar-refractivity contribution < 1.29 is 38.2 Å². The van der Waals surface area contributed by atoms with Gasteiger partial charge in [-0.05, 0) is 51.0 Å². The van der Waals surface area contributed by atoms with Crippen molar-refractivity contribution in [2.75, 3.05) is 13.7 Å². The Morgan fingerprint density at radius 1 is 1.02 bits per heavy atom. The highest BCUT2D eigenvalue weighted by Crippen LogP contribution is 2.31. The van der Waals surface area contributed by atoms with Crippen LogP contribution in [-0.2, 0) is 35.0 Å². The number of carbonyl (C=O) groups is 5. The van der Waals surface area contributed by atoms with Crippen LogP contribution in [0.25, 0.3) is 0 Å². The molecule has 0 fully saturated rings. The lowest BCUT2D eigenvalue weighted by Crippen LogP contribution is -2.55. The van der Waals surface area contributed by atoms with E-state index < -0.39 is 53.7 Å². The van der Waals surface area contributed by atoms with Gasteiger partial charge in [0.25, 0.3) is 5.91 Å². The van der Waals surface area contributed by atoms with Gasteiger partial charge in [0, 0.05) is 37.9 Å². The maximum absolute atomic E-state index is 14.0. The minimum atomic E-state index is -0.854. The van der Waals surface area contributed by atoms with Gasteiger partial charge in [0.15, 0.2) is 6.10 Å². The van der Waals surface area contributed by atoms with Gasteiger partial charge < -0.3 is 29.7 Å². The molecule has 0 spiro atoms. The molecule has 13 heteroatoms. The molecule has 6 atom stereocenters. The van der Waals surface area contributed by atoms with Gasteiger partial charge in [-0.25, -0.2) is 9.78 Å². The number of amides is 3. The molecule has 0 radical (unpaired) electrons. The lowest BCUT2D eigenvalue weighted by atomic mass is 9.93. The van der Waals surface area contributed by atoms with Crippen LogP contribution in [0.5, 0.6) is 0 Å². The molecule has 288 valence electrons. The molecule has 1 aromatic carbocycles. The number of carbonyl (C=O) groups excluding carboxylic acids is 5. The Hall–Kier alpha value is -4.26. The molecular formula is C39H58N4O8S. The Morgan fingerprint density at radius 3 is 2.23 bits per heavy atom. The summed E-state index contributed by atoms with van der Waals surface area (Å²) in [4.78, 5) is 71.3. The highest BCUT2D eigenvalue weighted by atomic mass is 32.1. The number of hydrogen-bond acceptors (Lipinski definition) is 10. The number of rotatable bonds is 19. The molecule has 12 nitrogen and oxygen atoms in total. The third-order valence-corrected chi connectivity index (χ3v) is 9.54. The number of thiazole rings is 1. The van der Waals surface area contributed by atoms with E-state index in [9.17, 15) is 24.0 Å². The van der Waals surface area contributed by atoms with Crippen LogP contribution in [0.15, 0.2) is 48.4 Å². The van der Waals surface area contributed by atoms with Gasteiger partial charge in [-0.3, -0.25) is 19.2 Å². The van der Waals surface area contributed by atoms with Crippen molar-refractivity contribution in [2.45, 2.75) is 118 Å². The first-order valence-corrected chi connectivity index (χ1v) is 18.8. The van der Waals surface area contributed by atoms with Gasteiger partial charge in [0.05, 0.1) is 5.92 Å². The fourth-order valence-corrected chi connectivity index (χ4v) is 6.53. The summed E-state index contributed by atoms with van der Waals surface area (Å²) in [7, 11) is 1.67. The normalized spacial score (nSPS) is 14.9. The Labute approximate surface area is 313 Å². The zero-order chi connectivity index (χ0) is 39.2. The van der Waals surface area contributed by atoms with Gasteiger partial charge in [0.2, 0.25) is 5.91 Å². The molecule has 0 aliphatic carbocycles. The van der Waals surface area contributed by atoms with Crippen molar-refractivity contribution in [3.05, 3.63) is 64.6 Å². The molecule has 52 heavy (non-hydrogen) atoms. The summed E-state index contributed by atoms with van der Waals surface area (Å²) in [6, 6.07) is 7.96. The first-order valence-electron chi connectivity index (χ1n) is 17.9. The number of nitrogens with one attached hydrogen (secondary N) is 2. The molecule has 1 heterocycles. The predicted octanol–water partition coefficient (Wildman–Crippen LogP) is 6.66. The van der Waals surface area contributed by atoms with E-state index in [1.165, 1.54) is 24.3 Å². The largest absolute Gasteiger partial charge is 0.461 e.